The molecule has 1 aliphatic carbocycles. The van der Waals surface area contributed by atoms with Gasteiger partial charge in [-0.2, -0.15) is 0 Å². The Hall–Kier alpha value is -2.64. The van der Waals surface area contributed by atoms with Gasteiger partial charge in [0.2, 0.25) is 0 Å². The number of anilines is 1. The summed E-state index contributed by atoms with van der Waals surface area (Å²) in [4.78, 5) is 27.3. The van der Waals surface area contributed by atoms with Crippen molar-refractivity contribution in [2.24, 2.45) is 11.3 Å². The van der Waals surface area contributed by atoms with Crippen molar-refractivity contribution < 1.29 is 14.3 Å². The van der Waals surface area contributed by atoms with E-state index in [0.717, 1.165) is 35.4 Å². The first-order chi connectivity index (χ1) is 15.3. The monoisotopic (exact) mass is 466 g/mol. The number of rotatable bonds is 3. The van der Waals surface area contributed by atoms with Gasteiger partial charge in [0, 0.05) is 4.88 Å². The second-order valence-electron chi connectivity index (χ2n) is 9.50. The highest BCUT2D eigenvalue weighted by Crippen LogP contribution is 2.46. The molecule has 3 aromatic rings. The minimum atomic E-state index is -0.376. The van der Waals surface area contributed by atoms with Gasteiger partial charge in [0.1, 0.15) is 21.8 Å². The lowest BCUT2D eigenvalue weighted by Gasteiger charge is -2.34. The first-order valence-electron chi connectivity index (χ1n) is 10.9. The number of hydrogen-bond donors (Lipinski definition) is 2. The normalized spacial score (nSPS) is 20.0. The number of thiophene rings is 2. The molecule has 2 unspecified atom stereocenters. The molecule has 2 N–H and O–H groups in total. The van der Waals surface area contributed by atoms with Crippen LogP contribution in [-0.2, 0) is 12.8 Å². The van der Waals surface area contributed by atoms with Crippen LogP contribution in [0.1, 0.15) is 69.4 Å². The summed E-state index contributed by atoms with van der Waals surface area (Å²) in [5.74, 6) is 0.681. The van der Waals surface area contributed by atoms with E-state index in [-0.39, 0.29) is 23.5 Å². The Morgan fingerprint density at radius 3 is 2.75 bits per heavy atom. The van der Waals surface area contributed by atoms with E-state index in [1.54, 1.807) is 29.5 Å². The zero-order chi connectivity index (χ0) is 22.5. The number of nitrogens with one attached hydrogen (secondary N) is 2. The minimum Gasteiger partial charge on any atom is -0.422 e. The van der Waals surface area contributed by atoms with Crippen LogP contribution < -0.4 is 15.4 Å². The maximum absolute atomic E-state index is 13.1. The van der Waals surface area contributed by atoms with Crippen LogP contribution in [-0.4, -0.2) is 11.9 Å². The number of amides is 1. The van der Waals surface area contributed by atoms with E-state index in [2.05, 4.69) is 31.4 Å². The molecule has 0 bridgehead atoms. The molecule has 0 fully saturated rings. The molecule has 0 radical (unpaired) electrons. The second-order valence-corrected chi connectivity index (χ2v) is 11.6. The Morgan fingerprint density at radius 2 is 2.00 bits per heavy atom. The molecule has 2 aliphatic rings. The van der Waals surface area contributed by atoms with Gasteiger partial charge in [0.25, 0.3) is 5.91 Å². The molecule has 2 aromatic heterocycles. The quantitative estimate of drug-likeness (QED) is 0.365. The molecule has 2 atom stereocenters. The molecule has 7 heteroatoms. The van der Waals surface area contributed by atoms with E-state index in [9.17, 15) is 9.59 Å². The topological polar surface area (TPSA) is 67.4 Å². The van der Waals surface area contributed by atoms with Gasteiger partial charge in [0.05, 0.1) is 5.56 Å². The highest BCUT2D eigenvalue weighted by atomic mass is 32.1. The van der Waals surface area contributed by atoms with Crippen molar-refractivity contribution in [1.82, 2.24) is 5.32 Å². The van der Waals surface area contributed by atoms with Crippen LogP contribution in [0.5, 0.6) is 5.75 Å². The molecule has 5 rings (SSSR count). The Labute approximate surface area is 195 Å². The van der Waals surface area contributed by atoms with E-state index in [1.165, 1.54) is 21.8 Å². The van der Waals surface area contributed by atoms with Crippen LogP contribution >= 0.6 is 22.7 Å². The Bertz CT molecular complexity index is 1170. The highest BCUT2D eigenvalue weighted by Gasteiger charge is 2.36. The third-order valence-corrected chi connectivity index (χ3v) is 8.43. The first kappa shape index (κ1) is 21.2. The lowest BCUT2D eigenvalue weighted by Crippen LogP contribution is -2.38. The summed E-state index contributed by atoms with van der Waals surface area (Å²) in [5.41, 5.74) is 3.14. The van der Waals surface area contributed by atoms with Gasteiger partial charge in [-0.05, 0) is 65.3 Å². The van der Waals surface area contributed by atoms with E-state index in [4.69, 9.17) is 4.74 Å². The molecule has 32 heavy (non-hydrogen) atoms. The summed E-state index contributed by atoms with van der Waals surface area (Å²) in [6, 6.07) is 10.9. The Morgan fingerprint density at radius 1 is 1.16 bits per heavy atom. The molecule has 1 aliphatic heterocycles. The molecule has 5 nitrogen and oxygen atoms in total. The summed E-state index contributed by atoms with van der Waals surface area (Å²) in [5, 5.41) is 9.39. The van der Waals surface area contributed by atoms with Crippen molar-refractivity contribution in [3.8, 4) is 5.75 Å². The summed E-state index contributed by atoms with van der Waals surface area (Å²) in [6.45, 7) is 6.90. The van der Waals surface area contributed by atoms with E-state index in [1.807, 2.05) is 23.6 Å². The minimum absolute atomic E-state index is 0.0311. The summed E-state index contributed by atoms with van der Waals surface area (Å²) < 4.78 is 5.53. The van der Waals surface area contributed by atoms with Crippen LogP contribution in [0.2, 0.25) is 0 Å². The van der Waals surface area contributed by atoms with E-state index in [0.29, 0.717) is 16.5 Å². The first-order valence-corrected chi connectivity index (χ1v) is 12.6. The Kier molecular flexibility index (Phi) is 5.34. The number of ether oxygens (including phenoxy) is 1. The number of fused-ring (bicyclic) bond motifs is 3. The van der Waals surface area contributed by atoms with E-state index >= 15 is 0 Å². The molecule has 1 amide bonds. The van der Waals surface area contributed by atoms with Crippen LogP contribution in [0.4, 0.5) is 5.00 Å². The van der Waals surface area contributed by atoms with Crippen molar-refractivity contribution in [2.75, 3.05) is 5.32 Å². The fraction of sp³-hybridized carbons (Fsp3) is 0.360. The van der Waals surface area contributed by atoms with E-state index < -0.39 is 0 Å². The second kappa shape index (κ2) is 8.05. The fourth-order valence-corrected chi connectivity index (χ4v) is 6.47. The number of carbonyl (C=O) groups excluding carboxylic acids is 2. The largest absolute Gasteiger partial charge is 0.422 e. The van der Waals surface area contributed by atoms with Gasteiger partial charge in [-0.1, -0.05) is 39.0 Å². The van der Waals surface area contributed by atoms with Crippen molar-refractivity contribution in [3.63, 3.8) is 0 Å². The fourth-order valence-electron chi connectivity index (χ4n) is 4.51. The van der Waals surface area contributed by atoms with Crippen molar-refractivity contribution in [2.45, 2.75) is 46.2 Å². The molecule has 1 aromatic carbocycles. The van der Waals surface area contributed by atoms with Crippen LogP contribution in [0.15, 0.2) is 41.8 Å². The van der Waals surface area contributed by atoms with Crippen molar-refractivity contribution in [1.29, 1.82) is 0 Å². The zero-order valence-electron chi connectivity index (χ0n) is 18.4. The molecule has 0 spiro atoms. The Balaban J connectivity index is 1.37. The number of carbonyl (C=O) groups is 2. The van der Waals surface area contributed by atoms with Gasteiger partial charge in [-0.25, -0.2) is 4.79 Å². The molecule has 3 heterocycles. The maximum Gasteiger partial charge on any atom is 0.353 e. The van der Waals surface area contributed by atoms with Crippen molar-refractivity contribution >= 4 is 39.6 Å². The van der Waals surface area contributed by atoms with Crippen LogP contribution in [0, 0.1) is 11.3 Å². The van der Waals surface area contributed by atoms with Crippen LogP contribution in [0.3, 0.4) is 0 Å². The van der Waals surface area contributed by atoms with Gasteiger partial charge in [-0.15, -0.1) is 22.7 Å². The molecule has 0 saturated carbocycles. The number of hydrogen-bond acceptors (Lipinski definition) is 6. The highest BCUT2D eigenvalue weighted by molar-refractivity contribution is 7.16. The average molecular weight is 467 g/mol. The van der Waals surface area contributed by atoms with Gasteiger partial charge in [0.15, 0.2) is 0 Å². The standard InChI is InChI=1S/C25H26N2O3S2/c1-25(2,3)15-9-10-17-19(13-15)32-23-20(17)22(28)26-21(27-23)14-6-4-7-16(12-14)30-24(29)18-8-5-11-31-18/h4-8,11-12,15,21,27H,9-10,13H2,1-3H3,(H,26,28). The third-order valence-electron chi connectivity index (χ3n) is 6.39. The maximum atomic E-state index is 13.1. The molecular formula is C25H26N2O3S2. The molecule has 166 valence electrons. The predicted octanol–water partition coefficient (Wildman–Crippen LogP) is 6.03. The molecular weight excluding hydrogens is 440 g/mol. The van der Waals surface area contributed by atoms with Crippen molar-refractivity contribution in [3.05, 3.63) is 68.2 Å². The number of esters is 1. The lowest BCUT2D eigenvalue weighted by atomic mass is 9.72. The predicted molar refractivity (Wildman–Crippen MR) is 129 cm³/mol. The summed E-state index contributed by atoms with van der Waals surface area (Å²) in [6.07, 6.45) is 2.74. The lowest BCUT2D eigenvalue weighted by molar-refractivity contribution is 0.0739. The van der Waals surface area contributed by atoms with Crippen LogP contribution in [0.25, 0.3) is 0 Å². The summed E-state index contributed by atoms with van der Waals surface area (Å²) in [7, 11) is 0. The smallest absolute Gasteiger partial charge is 0.353 e. The average Bonchev–Trinajstić information content (AvgIpc) is 3.41. The van der Waals surface area contributed by atoms with Gasteiger partial charge < -0.3 is 15.4 Å². The summed E-state index contributed by atoms with van der Waals surface area (Å²) >= 11 is 3.06. The molecule has 0 saturated heterocycles. The van der Waals surface area contributed by atoms with Gasteiger partial charge in [-0.3, -0.25) is 4.79 Å². The third kappa shape index (κ3) is 3.95. The zero-order valence-corrected chi connectivity index (χ0v) is 20.0. The number of benzene rings is 1. The SMILES string of the molecule is CC(C)(C)C1CCc2c(sc3c2C(=O)NC(c2cccc(OC(=O)c4cccs4)c2)N3)C1. The van der Waals surface area contributed by atoms with Gasteiger partial charge >= 0.3 is 5.97 Å².